The Morgan fingerprint density at radius 1 is 1.08 bits per heavy atom. The van der Waals surface area contributed by atoms with Gasteiger partial charge in [0.15, 0.2) is 0 Å². The summed E-state index contributed by atoms with van der Waals surface area (Å²) in [6, 6.07) is 3.16. The van der Waals surface area contributed by atoms with Crippen LogP contribution in [0, 0.1) is 22.7 Å². The van der Waals surface area contributed by atoms with Crippen LogP contribution in [-0.2, 0) is 19.0 Å². The third kappa shape index (κ3) is 3.20. The highest BCUT2D eigenvalue weighted by Gasteiger charge is 2.85. The number of methoxy groups -OCH3 is 1. The average Bonchev–Trinajstić information content (AvgIpc) is 3.58. The molecule has 0 unspecified atom stereocenters. The fraction of sp³-hybridized carbons (Fsp3) is 0.759. The molecule has 2 heterocycles. The number of fused-ring (bicyclic) bond motifs is 3. The lowest BCUT2D eigenvalue weighted by molar-refractivity contribution is -0.218. The third-order valence-corrected chi connectivity index (χ3v) is 11.6. The number of aliphatic hydroxyl groups is 1. The number of carbonyl (C=O) groups excluding carboxylic acids is 2. The number of ether oxygens (including phenoxy) is 3. The van der Waals surface area contributed by atoms with Crippen molar-refractivity contribution in [2.75, 3.05) is 14.2 Å². The van der Waals surface area contributed by atoms with Crippen LogP contribution in [0.15, 0.2) is 27.6 Å². The van der Waals surface area contributed by atoms with Gasteiger partial charge in [-0.25, -0.2) is 9.59 Å². The van der Waals surface area contributed by atoms with Crippen molar-refractivity contribution in [2.24, 2.45) is 22.7 Å². The van der Waals surface area contributed by atoms with E-state index in [1.807, 2.05) is 0 Å². The van der Waals surface area contributed by atoms with Crippen molar-refractivity contribution in [2.45, 2.75) is 101 Å². The molecule has 9 heteroatoms. The minimum Gasteiger partial charge on any atom is -0.459 e. The molecule has 208 valence electrons. The van der Waals surface area contributed by atoms with Crippen LogP contribution in [0.25, 0.3) is 0 Å². The van der Waals surface area contributed by atoms with Gasteiger partial charge in [-0.2, -0.15) is 0 Å². The fourth-order valence-electron chi connectivity index (χ4n) is 9.72. The maximum absolute atomic E-state index is 12.2. The molecule has 0 aromatic carbocycles. The van der Waals surface area contributed by atoms with Crippen molar-refractivity contribution >= 4 is 12.1 Å². The second-order valence-electron chi connectivity index (χ2n) is 12.9. The van der Waals surface area contributed by atoms with Crippen LogP contribution in [0.2, 0.25) is 0 Å². The Bertz CT molecular complexity index is 1190. The molecule has 1 spiro atoms. The van der Waals surface area contributed by atoms with Crippen molar-refractivity contribution in [3.05, 3.63) is 34.4 Å². The van der Waals surface area contributed by atoms with Crippen molar-refractivity contribution in [3.8, 4) is 0 Å². The molecule has 1 N–H and O–H groups in total. The summed E-state index contributed by atoms with van der Waals surface area (Å²) in [6.07, 6.45) is 5.84. The lowest BCUT2D eigenvalue weighted by atomic mass is 9.42. The van der Waals surface area contributed by atoms with E-state index in [4.69, 9.17) is 18.6 Å². The molecule has 1 aromatic rings. The molecule has 1 aliphatic heterocycles. The lowest BCUT2D eigenvalue weighted by Crippen LogP contribution is -2.66. The van der Waals surface area contributed by atoms with Crippen molar-refractivity contribution in [1.82, 2.24) is 4.90 Å². The zero-order chi connectivity index (χ0) is 27.3. The highest BCUT2D eigenvalue weighted by Crippen LogP contribution is 2.78. The van der Waals surface area contributed by atoms with E-state index in [9.17, 15) is 19.5 Å². The van der Waals surface area contributed by atoms with Crippen LogP contribution in [0.4, 0.5) is 4.79 Å². The predicted octanol–water partition coefficient (Wildman–Crippen LogP) is 3.62. The summed E-state index contributed by atoms with van der Waals surface area (Å²) in [7, 11) is 3.14. The van der Waals surface area contributed by atoms with Gasteiger partial charge >= 0.3 is 17.7 Å². The minimum atomic E-state index is -0.885. The number of hydrogen-bond donors (Lipinski definition) is 1. The van der Waals surface area contributed by atoms with Crippen LogP contribution in [-0.4, -0.2) is 65.7 Å². The molecule has 1 saturated heterocycles. The molecule has 4 aliphatic carbocycles. The Morgan fingerprint density at radius 3 is 2.45 bits per heavy atom. The quantitative estimate of drug-likeness (QED) is 0.466. The predicted molar refractivity (Wildman–Crippen MR) is 135 cm³/mol. The van der Waals surface area contributed by atoms with Gasteiger partial charge in [0.05, 0.1) is 19.0 Å². The number of amides is 1. The summed E-state index contributed by atoms with van der Waals surface area (Å²) in [4.78, 5) is 37.7. The summed E-state index contributed by atoms with van der Waals surface area (Å²) in [5.41, 5.74) is -1.52. The van der Waals surface area contributed by atoms with E-state index < -0.39 is 22.9 Å². The van der Waals surface area contributed by atoms with Crippen LogP contribution < -0.4 is 5.63 Å². The molecule has 5 fully saturated rings. The molecule has 38 heavy (non-hydrogen) atoms. The maximum atomic E-state index is 12.2. The van der Waals surface area contributed by atoms with Gasteiger partial charge < -0.3 is 28.6 Å². The number of esters is 1. The second-order valence-corrected chi connectivity index (χ2v) is 12.9. The van der Waals surface area contributed by atoms with E-state index in [1.165, 1.54) is 26.4 Å². The van der Waals surface area contributed by atoms with Gasteiger partial charge in [0.1, 0.15) is 17.8 Å². The Balaban J connectivity index is 1.34. The molecule has 0 radical (unpaired) electrons. The largest absolute Gasteiger partial charge is 0.459 e. The zero-order valence-corrected chi connectivity index (χ0v) is 22.9. The first-order valence-electron chi connectivity index (χ1n) is 13.9. The molecule has 9 nitrogen and oxygen atoms in total. The van der Waals surface area contributed by atoms with Crippen LogP contribution in [0.3, 0.4) is 0 Å². The van der Waals surface area contributed by atoms with Gasteiger partial charge in [0, 0.05) is 37.4 Å². The highest BCUT2D eigenvalue weighted by molar-refractivity contribution is 5.67. The Labute approximate surface area is 222 Å². The van der Waals surface area contributed by atoms with Crippen molar-refractivity contribution < 1.29 is 33.3 Å². The van der Waals surface area contributed by atoms with Crippen LogP contribution >= 0.6 is 0 Å². The summed E-state index contributed by atoms with van der Waals surface area (Å²) in [5.74, 6) is -0.0345. The number of nitrogens with zero attached hydrogens (tertiary/aromatic N) is 1. The van der Waals surface area contributed by atoms with Crippen LogP contribution in [0.5, 0.6) is 0 Å². The van der Waals surface area contributed by atoms with Crippen molar-refractivity contribution in [1.29, 1.82) is 0 Å². The van der Waals surface area contributed by atoms with E-state index in [0.717, 1.165) is 37.7 Å². The number of epoxide rings is 1. The molecule has 1 amide bonds. The summed E-state index contributed by atoms with van der Waals surface area (Å²) < 4.78 is 22.8. The van der Waals surface area contributed by atoms with E-state index in [2.05, 4.69) is 13.8 Å². The standard InChI is InChI=1S/C29H39NO8/c1-16(31)37-23-22(17-6-7-21(32)36-15-17)27(3)12-9-19-20(29(27)24(23)38-29)10-13-28(34)14-18(8-11-26(19,28)2)30(4)25(33)35-5/h6-7,15,18-20,22-24,34H,8-14H2,1-5H3/t18-,19-,20+,22-,23+,24+,26+,27+,28-,29+/m0/s1. The van der Waals surface area contributed by atoms with Crippen molar-refractivity contribution in [3.63, 3.8) is 0 Å². The smallest absolute Gasteiger partial charge is 0.409 e. The van der Waals surface area contributed by atoms with E-state index in [1.54, 1.807) is 18.0 Å². The first-order chi connectivity index (χ1) is 17.9. The highest BCUT2D eigenvalue weighted by atomic mass is 16.7. The molecule has 4 saturated carbocycles. The van der Waals surface area contributed by atoms with Gasteiger partial charge in [0.2, 0.25) is 0 Å². The van der Waals surface area contributed by atoms with Gasteiger partial charge in [0.25, 0.3) is 0 Å². The van der Waals surface area contributed by atoms with E-state index in [0.29, 0.717) is 12.8 Å². The SMILES string of the molecule is COC(=O)N(C)[C@H]1CC[C@]2(C)[C@H]3CC[C@]4(C)[C@@H](c5ccc(=O)oc5)[C@@H](OC(C)=O)[C@H]5O[C@]54[C@@H]3CC[C@]2(O)C1. The van der Waals surface area contributed by atoms with Gasteiger partial charge in [-0.1, -0.05) is 13.8 Å². The Kier molecular flexibility index (Phi) is 5.65. The number of hydrogen-bond acceptors (Lipinski definition) is 8. The zero-order valence-electron chi connectivity index (χ0n) is 22.9. The summed E-state index contributed by atoms with van der Waals surface area (Å²) >= 11 is 0. The van der Waals surface area contributed by atoms with Gasteiger partial charge in [-0.3, -0.25) is 4.79 Å². The Hall–Kier alpha value is -2.39. The fourth-order valence-corrected chi connectivity index (χ4v) is 9.72. The molecule has 1 aromatic heterocycles. The second kappa shape index (κ2) is 8.31. The molecule has 5 aliphatic rings. The molecular weight excluding hydrogens is 490 g/mol. The minimum absolute atomic E-state index is 0.0639. The maximum Gasteiger partial charge on any atom is 0.409 e. The van der Waals surface area contributed by atoms with Gasteiger partial charge in [-0.05, 0) is 73.8 Å². The summed E-state index contributed by atoms with van der Waals surface area (Å²) in [6.45, 7) is 5.90. The topological polar surface area (TPSA) is 119 Å². The third-order valence-electron chi connectivity index (χ3n) is 11.6. The number of rotatable bonds is 3. The van der Waals surface area contributed by atoms with E-state index >= 15 is 0 Å². The normalized spacial score (nSPS) is 46.6. The van der Waals surface area contributed by atoms with Crippen LogP contribution in [0.1, 0.15) is 77.2 Å². The first kappa shape index (κ1) is 25.9. The molecule has 6 rings (SSSR count). The molecular formula is C29H39NO8. The average molecular weight is 530 g/mol. The molecule has 10 atom stereocenters. The van der Waals surface area contributed by atoms with Gasteiger partial charge in [-0.15, -0.1) is 0 Å². The number of carbonyl (C=O) groups is 2. The summed E-state index contributed by atoms with van der Waals surface area (Å²) in [5, 5.41) is 12.2. The lowest BCUT2D eigenvalue weighted by Gasteiger charge is -2.64. The first-order valence-corrected chi connectivity index (χ1v) is 13.9. The monoisotopic (exact) mass is 529 g/mol. The Morgan fingerprint density at radius 2 is 1.79 bits per heavy atom. The molecule has 0 bridgehead atoms. The van der Waals surface area contributed by atoms with E-state index in [-0.39, 0.29) is 52.8 Å².